The van der Waals surface area contributed by atoms with Crippen LogP contribution in [0.4, 0.5) is 5.69 Å². The number of hydrogen-bond acceptors (Lipinski definition) is 3. The van der Waals surface area contributed by atoms with Crippen molar-refractivity contribution in [3.63, 3.8) is 0 Å². The molecule has 1 fully saturated rings. The molecule has 0 heterocycles. The van der Waals surface area contributed by atoms with Crippen molar-refractivity contribution in [2.24, 2.45) is 5.92 Å². The molecule has 1 aromatic rings. The molecule has 1 aliphatic rings. The molecule has 0 bridgehead atoms. The zero-order chi connectivity index (χ0) is 13.8. The average molecular weight is 263 g/mol. The summed E-state index contributed by atoms with van der Waals surface area (Å²) in [6.07, 6.45) is 1.66. The van der Waals surface area contributed by atoms with Crippen molar-refractivity contribution in [1.29, 1.82) is 0 Å². The minimum atomic E-state index is -0.870. The third kappa shape index (κ3) is 3.79. The average Bonchev–Trinajstić information content (AvgIpc) is 3.16. The zero-order valence-corrected chi connectivity index (χ0v) is 10.8. The summed E-state index contributed by atoms with van der Waals surface area (Å²) in [6, 6.07) is 6.80. The van der Waals surface area contributed by atoms with Crippen LogP contribution in [0.2, 0.25) is 0 Å². The van der Waals surface area contributed by atoms with Gasteiger partial charge < -0.3 is 15.2 Å². The normalized spacial score (nSPS) is 15.8. The Bertz CT molecular complexity index is 465. The second-order valence-corrected chi connectivity index (χ2v) is 4.75. The van der Waals surface area contributed by atoms with Crippen LogP contribution in [0.5, 0.6) is 0 Å². The molecule has 1 aromatic carbocycles. The predicted molar refractivity (Wildman–Crippen MR) is 69.9 cm³/mol. The minimum absolute atomic E-state index is 0.0169. The number of hydrogen-bond donors (Lipinski definition) is 2. The Balaban J connectivity index is 1.94. The number of carboxylic acids is 1. The van der Waals surface area contributed by atoms with E-state index in [1.165, 1.54) is 0 Å². The maximum Gasteiger partial charge on any atom is 0.307 e. The maximum atomic E-state index is 12.0. The molecular formula is C14H17NO4. The molecule has 2 N–H and O–H groups in total. The predicted octanol–water partition coefficient (Wildman–Crippen LogP) is 1.68. The van der Waals surface area contributed by atoms with Gasteiger partial charge in [-0.25, -0.2) is 0 Å². The molecule has 1 amide bonds. The van der Waals surface area contributed by atoms with Crippen LogP contribution in [0.1, 0.15) is 18.4 Å². The van der Waals surface area contributed by atoms with Crippen LogP contribution in [0.25, 0.3) is 0 Å². The van der Waals surface area contributed by atoms with E-state index in [0.29, 0.717) is 17.2 Å². The van der Waals surface area contributed by atoms with Gasteiger partial charge in [0, 0.05) is 12.8 Å². The van der Waals surface area contributed by atoms with Crippen LogP contribution in [-0.2, 0) is 20.7 Å². The van der Waals surface area contributed by atoms with Gasteiger partial charge in [0.2, 0.25) is 0 Å². The number of aliphatic carboxylic acids is 1. The van der Waals surface area contributed by atoms with E-state index < -0.39 is 12.1 Å². The first-order valence-corrected chi connectivity index (χ1v) is 6.24. The molecule has 1 atom stereocenters. The summed E-state index contributed by atoms with van der Waals surface area (Å²) >= 11 is 0. The molecule has 1 unspecified atom stereocenters. The van der Waals surface area contributed by atoms with Crippen LogP contribution in [0, 0.1) is 5.92 Å². The smallest absolute Gasteiger partial charge is 0.307 e. The van der Waals surface area contributed by atoms with Crippen LogP contribution >= 0.6 is 0 Å². The highest BCUT2D eigenvalue weighted by molar-refractivity contribution is 5.94. The molecular weight excluding hydrogens is 246 g/mol. The van der Waals surface area contributed by atoms with Crippen molar-refractivity contribution in [3.05, 3.63) is 29.8 Å². The van der Waals surface area contributed by atoms with Gasteiger partial charge >= 0.3 is 5.97 Å². The SMILES string of the molecule is COC(C(=O)Nc1ccc(CC(=O)O)cc1)C1CC1. The van der Waals surface area contributed by atoms with E-state index in [0.717, 1.165) is 12.8 Å². The lowest BCUT2D eigenvalue weighted by Crippen LogP contribution is -2.31. The summed E-state index contributed by atoms with van der Waals surface area (Å²) in [5.74, 6) is -0.683. The first-order chi connectivity index (χ1) is 9.10. The highest BCUT2D eigenvalue weighted by Crippen LogP contribution is 2.34. The van der Waals surface area contributed by atoms with Crippen LogP contribution in [0.3, 0.4) is 0 Å². The fourth-order valence-electron chi connectivity index (χ4n) is 2.01. The molecule has 5 heteroatoms. The van der Waals surface area contributed by atoms with E-state index in [1.54, 1.807) is 31.4 Å². The van der Waals surface area contributed by atoms with E-state index in [-0.39, 0.29) is 12.3 Å². The summed E-state index contributed by atoms with van der Waals surface area (Å²) < 4.78 is 5.19. The molecule has 0 spiro atoms. The summed E-state index contributed by atoms with van der Waals surface area (Å²) in [5, 5.41) is 11.5. The summed E-state index contributed by atoms with van der Waals surface area (Å²) in [7, 11) is 1.54. The first-order valence-electron chi connectivity index (χ1n) is 6.24. The summed E-state index contributed by atoms with van der Waals surface area (Å²) in [6.45, 7) is 0. The Labute approximate surface area is 111 Å². The number of ether oxygens (including phenoxy) is 1. The number of anilines is 1. The largest absolute Gasteiger partial charge is 0.481 e. The number of methoxy groups -OCH3 is 1. The van der Waals surface area contributed by atoms with Crippen molar-refractivity contribution in [1.82, 2.24) is 0 Å². The number of nitrogens with one attached hydrogen (secondary N) is 1. The lowest BCUT2D eigenvalue weighted by atomic mass is 10.1. The number of carbonyl (C=O) groups excluding carboxylic acids is 1. The second kappa shape index (κ2) is 5.84. The van der Waals surface area contributed by atoms with Crippen molar-refractivity contribution >= 4 is 17.6 Å². The number of rotatable bonds is 6. The molecule has 19 heavy (non-hydrogen) atoms. The molecule has 2 rings (SSSR count). The van der Waals surface area contributed by atoms with Crippen molar-refractivity contribution in [2.45, 2.75) is 25.4 Å². The lowest BCUT2D eigenvalue weighted by Gasteiger charge is -2.14. The van der Waals surface area contributed by atoms with E-state index >= 15 is 0 Å². The van der Waals surface area contributed by atoms with Crippen LogP contribution in [-0.4, -0.2) is 30.2 Å². The highest BCUT2D eigenvalue weighted by Gasteiger charge is 2.36. The van der Waals surface area contributed by atoms with Gasteiger partial charge in [-0.1, -0.05) is 12.1 Å². The third-order valence-corrected chi connectivity index (χ3v) is 3.14. The molecule has 102 valence electrons. The van der Waals surface area contributed by atoms with Gasteiger partial charge in [-0.3, -0.25) is 9.59 Å². The standard InChI is InChI=1S/C14H17NO4/c1-19-13(10-4-5-10)14(18)15-11-6-2-9(3-7-11)8-12(16)17/h2-3,6-7,10,13H,4-5,8H2,1H3,(H,15,18)(H,16,17). The fourth-order valence-corrected chi connectivity index (χ4v) is 2.01. The third-order valence-electron chi connectivity index (χ3n) is 3.14. The zero-order valence-electron chi connectivity index (χ0n) is 10.8. The van der Waals surface area contributed by atoms with Crippen molar-refractivity contribution in [2.75, 3.05) is 12.4 Å². The topological polar surface area (TPSA) is 75.6 Å². The molecule has 1 saturated carbocycles. The first kappa shape index (κ1) is 13.5. The summed E-state index contributed by atoms with van der Waals surface area (Å²) in [4.78, 5) is 22.5. The molecule has 0 aromatic heterocycles. The lowest BCUT2D eigenvalue weighted by molar-refractivity contribution is -0.136. The Morgan fingerprint density at radius 1 is 1.37 bits per heavy atom. The monoisotopic (exact) mass is 263 g/mol. The molecule has 0 saturated heterocycles. The van der Waals surface area contributed by atoms with Gasteiger partial charge in [0.25, 0.3) is 5.91 Å². The van der Waals surface area contributed by atoms with Gasteiger partial charge in [0.05, 0.1) is 6.42 Å². The minimum Gasteiger partial charge on any atom is -0.481 e. The van der Waals surface area contributed by atoms with Gasteiger partial charge in [-0.05, 0) is 36.5 Å². The van der Waals surface area contributed by atoms with Crippen LogP contribution in [0.15, 0.2) is 24.3 Å². The Hall–Kier alpha value is -1.88. The number of carboxylic acid groups (broad SMARTS) is 1. The second-order valence-electron chi connectivity index (χ2n) is 4.75. The van der Waals surface area contributed by atoms with E-state index in [1.807, 2.05) is 0 Å². The van der Waals surface area contributed by atoms with E-state index in [4.69, 9.17) is 9.84 Å². The molecule has 0 radical (unpaired) electrons. The number of amides is 1. The summed E-state index contributed by atoms with van der Waals surface area (Å²) in [5.41, 5.74) is 1.36. The van der Waals surface area contributed by atoms with E-state index in [2.05, 4.69) is 5.32 Å². The van der Waals surface area contributed by atoms with Gasteiger partial charge in [-0.15, -0.1) is 0 Å². The van der Waals surface area contributed by atoms with E-state index in [9.17, 15) is 9.59 Å². The molecule has 5 nitrogen and oxygen atoms in total. The highest BCUT2D eigenvalue weighted by atomic mass is 16.5. The van der Waals surface area contributed by atoms with Gasteiger partial charge in [-0.2, -0.15) is 0 Å². The van der Waals surface area contributed by atoms with Crippen molar-refractivity contribution in [3.8, 4) is 0 Å². The molecule has 0 aliphatic heterocycles. The quantitative estimate of drug-likeness (QED) is 0.818. The fraction of sp³-hybridized carbons (Fsp3) is 0.429. The number of carbonyl (C=O) groups is 2. The van der Waals surface area contributed by atoms with Gasteiger partial charge in [0.1, 0.15) is 6.10 Å². The van der Waals surface area contributed by atoms with Gasteiger partial charge in [0.15, 0.2) is 0 Å². The Morgan fingerprint density at radius 2 is 2.00 bits per heavy atom. The Morgan fingerprint density at radius 3 is 2.47 bits per heavy atom. The molecule has 1 aliphatic carbocycles. The maximum absolute atomic E-state index is 12.0. The Kier molecular flexibility index (Phi) is 4.16. The van der Waals surface area contributed by atoms with Crippen molar-refractivity contribution < 1.29 is 19.4 Å². The number of benzene rings is 1. The van der Waals surface area contributed by atoms with Crippen LogP contribution < -0.4 is 5.32 Å².